The summed E-state index contributed by atoms with van der Waals surface area (Å²) in [5, 5.41) is 2.74. The van der Waals surface area contributed by atoms with Crippen LogP contribution in [0, 0.1) is 36.0 Å². The van der Waals surface area contributed by atoms with Crippen LogP contribution >= 0.6 is 7.92 Å². The summed E-state index contributed by atoms with van der Waals surface area (Å²) in [6.45, 7) is 3.40. The highest BCUT2D eigenvalue weighted by molar-refractivity contribution is 7.72. The van der Waals surface area contributed by atoms with E-state index in [0.717, 1.165) is 16.2 Å². The molecule has 2 aromatic heterocycles. The summed E-state index contributed by atoms with van der Waals surface area (Å²) < 4.78 is 81.6. The minimum atomic E-state index is -2.21. The standard InChI is InChI=1S/C38H26F5N2OP/c1-22-20-28-26(18-19-46-28)29(37(22)47(2)25-16-10-5-11-17-25)38-44-35(23-12-6-3-7-13-23)36(24-14-8-4-9-15-24)45(38)21-27-30(39)32(41)34(43)33(42)31(27)40/h3-20H,21H2,1-2H3. The molecule has 0 aliphatic rings. The zero-order valence-electron chi connectivity index (χ0n) is 25.2. The van der Waals surface area contributed by atoms with Crippen LogP contribution in [0.1, 0.15) is 11.1 Å². The molecule has 0 fully saturated rings. The average molecular weight is 653 g/mol. The minimum absolute atomic E-state index is 0.307. The monoisotopic (exact) mass is 652 g/mol. The molecule has 7 aromatic rings. The summed E-state index contributed by atoms with van der Waals surface area (Å²) in [6.07, 6.45) is 1.56. The lowest BCUT2D eigenvalue weighted by Crippen LogP contribution is -2.19. The van der Waals surface area contributed by atoms with Crippen molar-refractivity contribution < 1.29 is 26.4 Å². The number of halogens is 5. The quantitative estimate of drug-likeness (QED) is 0.0743. The molecule has 5 aromatic carbocycles. The number of benzene rings is 5. The van der Waals surface area contributed by atoms with Crippen molar-refractivity contribution in [2.24, 2.45) is 0 Å². The number of nitrogens with zero attached hydrogens (tertiary/aromatic N) is 2. The maximum Gasteiger partial charge on any atom is 0.200 e. The van der Waals surface area contributed by atoms with E-state index >= 15 is 8.78 Å². The molecule has 9 heteroatoms. The van der Waals surface area contributed by atoms with Crippen molar-refractivity contribution in [2.75, 3.05) is 6.66 Å². The van der Waals surface area contributed by atoms with Gasteiger partial charge in [-0.05, 0) is 49.8 Å². The second kappa shape index (κ2) is 12.3. The molecule has 0 bridgehead atoms. The average Bonchev–Trinajstić information content (AvgIpc) is 3.73. The third-order valence-electron chi connectivity index (χ3n) is 8.30. The Morgan fingerprint density at radius 3 is 1.87 bits per heavy atom. The van der Waals surface area contributed by atoms with E-state index in [-0.39, 0.29) is 0 Å². The fourth-order valence-electron chi connectivity index (χ4n) is 6.10. The molecule has 0 aliphatic carbocycles. The lowest BCUT2D eigenvalue weighted by molar-refractivity contribution is 0.368. The van der Waals surface area contributed by atoms with E-state index in [2.05, 4.69) is 6.66 Å². The zero-order chi connectivity index (χ0) is 32.8. The summed E-state index contributed by atoms with van der Waals surface area (Å²) in [7, 11) is -1.01. The van der Waals surface area contributed by atoms with Crippen LogP contribution in [0.25, 0.3) is 44.9 Å². The summed E-state index contributed by atoms with van der Waals surface area (Å²) in [4.78, 5) is 5.18. The predicted octanol–water partition coefficient (Wildman–Crippen LogP) is 9.75. The van der Waals surface area contributed by atoms with Crippen molar-refractivity contribution in [1.82, 2.24) is 9.55 Å². The molecule has 0 radical (unpaired) electrons. The van der Waals surface area contributed by atoms with Gasteiger partial charge >= 0.3 is 0 Å². The van der Waals surface area contributed by atoms with Gasteiger partial charge in [-0.3, -0.25) is 0 Å². The highest BCUT2D eigenvalue weighted by atomic mass is 31.1. The highest BCUT2D eigenvalue weighted by Gasteiger charge is 2.31. The first-order valence-corrected chi connectivity index (χ1v) is 16.6. The lowest BCUT2D eigenvalue weighted by atomic mass is 10.0. The number of aryl methyl sites for hydroxylation is 1. The fraction of sp³-hybridized carbons (Fsp3) is 0.0789. The molecule has 7 rings (SSSR count). The van der Waals surface area contributed by atoms with Gasteiger partial charge in [-0.15, -0.1) is 0 Å². The van der Waals surface area contributed by atoms with Crippen molar-refractivity contribution in [1.29, 1.82) is 0 Å². The summed E-state index contributed by atoms with van der Waals surface area (Å²) in [5.74, 6) is -9.67. The van der Waals surface area contributed by atoms with Gasteiger partial charge in [0, 0.05) is 27.6 Å². The van der Waals surface area contributed by atoms with E-state index in [4.69, 9.17) is 9.40 Å². The molecule has 234 valence electrons. The largest absolute Gasteiger partial charge is 0.464 e. The Kier molecular flexibility index (Phi) is 7.98. The number of rotatable bonds is 7. The van der Waals surface area contributed by atoms with Crippen molar-refractivity contribution >= 4 is 29.5 Å². The first-order chi connectivity index (χ1) is 22.8. The van der Waals surface area contributed by atoms with Crippen molar-refractivity contribution in [3.05, 3.63) is 150 Å². The zero-order valence-corrected chi connectivity index (χ0v) is 26.1. The van der Waals surface area contributed by atoms with Gasteiger partial charge in [0.2, 0.25) is 5.82 Å². The van der Waals surface area contributed by atoms with Crippen LogP contribution in [-0.4, -0.2) is 16.2 Å². The van der Waals surface area contributed by atoms with Gasteiger partial charge in [0.05, 0.1) is 24.2 Å². The van der Waals surface area contributed by atoms with Gasteiger partial charge in [0.15, 0.2) is 23.3 Å². The molecule has 0 saturated carbocycles. The normalized spacial score (nSPS) is 12.1. The minimum Gasteiger partial charge on any atom is -0.464 e. The number of imidazole rings is 1. The van der Waals surface area contributed by atoms with Crippen LogP contribution in [0.2, 0.25) is 0 Å². The smallest absolute Gasteiger partial charge is 0.200 e. The lowest BCUT2D eigenvalue weighted by Gasteiger charge is -2.22. The first-order valence-electron chi connectivity index (χ1n) is 14.8. The molecular formula is C38H26F5N2OP. The van der Waals surface area contributed by atoms with Gasteiger partial charge < -0.3 is 8.98 Å². The summed E-state index contributed by atoms with van der Waals surface area (Å²) >= 11 is 0. The van der Waals surface area contributed by atoms with E-state index in [0.29, 0.717) is 44.9 Å². The molecule has 2 heterocycles. The van der Waals surface area contributed by atoms with Crippen LogP contribution in [0.15, 0.2) is 114 Å². The molecule has 0 aliphatic heterocycles. The Bertz CT molecular complexity index is 2220. The molecule has 3 nitrogen and oxygen atoms in total. The van der Waals surface area contributed by atoms with Crippen LogP contribution in [0.4, 0.5) is 22.0 Å². The van der Waals surface area contributed by atoms with Crippen LogP contribution in [0.3, 0.4) is 0 Å². The molecule has 0 saturated heterocycles. The van der Waals surface area contributed by atoms with E-state index < -0.39 is 49.1 Å². The summed E-state index contributed by atoms with van der Waals surface area (Å²) in [6, 6.07) is 32.1. The highest BCUT2D eigenvalue weighted by Crippen LogP contribution is 2.43. The third kappa shape index (κ3) is 5.23. The molecule has 0 amide bonds. The number of aromatic nitrogens is 2. The van der Waals surface area contributed by atoms with Crippen molar-refractivity contribution in [3.8, 4) is 33.9 Å². The number of hydrogen-bond donors (Lipinski definition) is 0. The second-order valence-electron chi connectivity index (χ2n) is 11.1. The fourth-order valence-corrected chi connectivity index (χ4v) is 8.13. The van der Waals surface area contributed by atoms with Gasteiger partial charge in [-0.2, -0.15) is 0 Å². The Balaban J connectivity index is 1.63. The Morgan fingerprint density at radius 2 is 1.26 bits per heavy atom. The van der Waals surface area contributed by atoms with Crippen LogP contribution in [0.5, 0.6) is 0 Å². The third-order valence-corrected chi connectivity index (χ3v) is 10.6. The number of hydrogen-bond acceptors (Lipinski definition) is 2. The van der Waals surface area contributed by atoms with Gasteiger partial charge in [-0.25, -0.2) is 26.9 Å². The molecule has 0 spiro atoms. The van der Waals surface area contributed by atoms with E-state index in [1.54, 1.807) is 10.8 Å². The van der Waals surface area contributed by atoms with E-state index in [1.165, 1.54) is 0 Å². The Morgan fingerprint density at radius 1 is 0.702 bits per heavy atom. The first kappa shape index (κ1) is 30.6. The number of furan rings is 1. The molecule has 0 N–H and O–H groups in total. The van der Waals surface area contributed by atoms with Crippen molar-refractivity contribution in [2.45, 2.75) is 13.5 Å². The van der Waals surface area contributed by atoms with E-state index in [1.807, 2.05) is 110 Å². The predicted molar refractivity (Wildman–Crippen MR) is 177 cm³/mol. The van der Waals surface area contributed by atoms with Crippen LogP contribution in [-0.2, 0) is 6.54 Å². The van der Waals surface area contributed by atoms with Gasteiger partial charge in [0.25, 0.3) is 0 Å². The Labute approximate surface area is 268 Å². The second-order valence-corrected chi connectivity index (χ2v) is 13.2. The molecule has 47 heavy (non-hydrogen) atoms. The maximum absolute atomic E-state index is 15.4. The van der Waals surface area contributed by atoms with E-state index in [9.17, 15) is 13.2 Å². The van der Waals surface area contributed by atoms with Gasteiger partial charge in [-0.1, -0.05) is 91.0 Å². The molecule has 1 atom stereocenters. The summed E-state index contributed by atoms with van der Waals surface area (Å²) in [5.41, 5.74) is 3.49. The topological polar surface area (TPSA) is 31.0 Å². The molecule has 1 unspecified atom stereocenters. The van der Waals surface area contributed by atoms with Crippen molar-refractivity contribution in [3.63, 3.8) is 0 Å². The maximum atomic E-state index is 15.4. The van der Waals surface area contributed by atoms with Gasteiger partial charge in [0.1, 0.15) is 11.4 Å². The SMILES string of the molecule is Cc1cc2occc2c(-c2nc(-c3ccccc3)c(-c3ccccc3)n2Cc2c(F)c(F)c(F)c(F)c2F)c1P(C)c1ccccc1. The molecular weight excluding hydrogens is 626 g/mol. The van der Waals surface area contributed by atoms with Crippen LogP contribution < -0.4 is 10.6 Å². The number of fused-ring (bicyclic) bond motifs is 1. The Hall–Kier alpha value is -5.07.